The van der Waals surface area contributed by atoms with E-state index in [4.69, 9.17) is 13.5 Å². The number of nitrogens with zero attached hydrogens (tertiary/aromatic N) is 3. The van der Waals surface area contributed by atoms with Gasteiger partial charge >= 0.3 is 0 Å². The molecular formula is C51H45IrN3O-2. The molecule has 9 rings (SSSR count). The van der Waals surface area contributed by atoms with Gasteiger partial charge in [0.1, 0.15) is 5.58 Å². The molecule has 1 radical (unpaired) electrons. The minimum Gasteiger partial charge on any atom is -0.501 e. The van der Waals surface area contributed by atoms with Crippen molar-refractivity contribution in [2.45, 2.75) is 59.2 Å². The SMILES string of the molecule is [2H]C(C)(C)c1ccc(-c2ccc(-c3[c-]ccc4c3oc3ccccc34)nc2)cc1.[2H]C(C)(C)c1cccc(C([2H])(C)C)c1-n1c(-c2[c-]cccc2)nc2ccccc21.[Ir]. The van der Waals surface area contributed by atoms with E-state index in [1.807, 2.05) is 163 Å². The van der Waals surface area contributed by atoms with Crippen molar-refractivity contribution in [3.8, 4) is 39.5 Å². The molecule has 0 amide bonds. The summed E-state index contributed by atoms with van der Waals surface area (Å²) in [6.07, 6.45) is 1.88. The van der Waals surface area contributed by atoms with E-state index in [9.17, 15) is 0 Å². The molecule has 0 bridgehead atoms. The molecule has 0 fully saturated rings. The molecule has 4 nitrogen and oxygen atoms in total. The van der Waals surface area contributed by atoms with Gasteiger partial charge in [0.25, 0.3) is 0 Å². The number of rotatable bonds is 7. The molecule has 0 aliphatic carbocycles. The van der Waals surface area contributed by atoms with Crippen LogP contribution in [0.4, 0.5) is 0 Å². The van der Waals surface area contributed by atoms with E-state index in [-0.39, 0.29) is 20.1 Å². The minimum atomic E-state index is -0.834. The molecule has 0 aliphatic rings. The summed E-state index contributed by atoms with van der Waals surface area (Å²) in [4.78, 5) is 9.60. The van der Waals surface area contributed by atoms with E-state index in [1.54, 1.807) is 0 Å². The zero-order valence-corrected chi connectivity index (χ0v) is 34.8. The number of benzene rings is 6. The maximum absolute atomic E-state index is 8.80. The van der Waals surface area contributed by atoms with Crippen LogP contribution in [0.5, 0.6) is 0 Å². The second kappa shape index (κ2) is 16.6. The van der Waals surface area contributed by atoms with E-state index in [2.05, 4.69) is 45.9 Å². The second-order valence-corrected chi connectivity index (χ2v) is 14.4. The van der Waals surface area contributed by atoms with Gasteiger partial charge in [0, 0.05) is 41.5 Å². The first kappa shape index (κ1) is 34.8. The van der Waals surface area contributed by atoms with Gasteiger partial charge in [0.05, 0.1) is 22.4 Å². The van der Waals surface area contributed by atoms with Crippen molar-refractivity contribution in [3.63, 3.8) is 0 Å². The number of hydrogen-bond donors (Lipinski definition) is 0. The Labute approximate surface area is 347 Å². The average Bonchev–Trinajstić information content (AvgIpc) is 3.79. The minimum absolute atomic E-state index is 0. The predicted octanol–water partition coefficient (Wildman–Crippen LogP) is 14.0. The third-order valence-corrected chi connectivity index (χ3v) is 10.0. The third kappa shape index (κ3) is 7.50. The Morgan fingerprint density at radius 3 is 2.00 bits per heavy atom. The van der Waals surface area contributed by atoms with E-state index in [1.165, 1.54) is 0 Å². The standard InChI is InChI=1S/C26H20NO.C25H25N2.Ir/c1-17(2)18-10-12-19(13-11-18)20-14-15-24(27-16-20)23-8-5-7-22-21-6-3-4-9-25(21)28-26(22)23;1-17(2)20-13-10-14-21(18(3)4)24(20)27-23-16-9-8-15-22(23)26-25(27)19-11-6-5-7-12-19;/h3-7,9-17H,1-2H3;5-11,13-18H,1-4H3;/q2*-1;/i17D;17D,18D;. The summed E-state index contributed by atoms with van der Waals surface area (Å²) in [6, 6.07) is 52.6. The fraction of sp³-hybridized carbons (Fsp3) is 0.176. The molecule has 9 aromatic rings. The van der Waals surface area contributed by atoms with E-state index in [0.29, 0.717) is 0 Å². The Kier molecular flexibility index (Phi) is 10.3. The van der Waals surface area contributed by atoms with E-state index < -0.39 is 17.7 Å². The van der Waals surface area contributed by atoms with Gasteiger partial charge in [0.15, 0.2) is 0 Å². The molecule has 0 saturated carbocycles. The molecule has 0 unspecified atom stereocenters. The largest absolute Gasteiger partial charge is 0.501 e. The molecule has 0 N–H and O–H groups in total. The second-order valence-electron chi connectivity index (χ2n) is 14.4. The van der Waals surface area contributed by atoms with E-state index >= 15 is 0 Å². The topological polar surface area (TPSA) is 43.9 Å². The van der Waals surface area contributed by atoms with Crippen LogP contribution < -0.4 is 0 Å². The van der Waals surface area contributed by atoms with Gasteiger partial charge in [-0.3, -0.25) is 4.98 Å². The number of fused-ring (bicyclic) bond motifs is 4. The van der Waals surface area contributed by atoms with Crippen LogP contribution in [0.1, 0.15) is 80.0 Å². The number of aromatic nitrogens is 3. The maximum atomic E-state index is 8.80. The van der Waals surface area contributed by atoms with Crippen LogP contribution in [0.3, 0.4) is 0 Å². The zero-order chi connectivity index (χ0) is 40.8. The van der Waals surface area contributed by atoms with Crippen molar-refractivity contribution in [1.82, 2.24) is 14.5 Å². The molecule has 56 heavy (non-hydrogen) atoms. The van der Waals surface area contributed by atoms with Gasteiger partial charge in [-0.25, -0.2) is 0 Å². The summed E-state index contributed by atoms with van der Waals surface area (Å²) >= 11 is 0. The van der Waals surface area contributed by atoms with Gasteiger partial charge < -0.3 is 14.0 Å². The summed E-state index contributed by atoms with van der Waals surface area (Å²) in [7, 11) is 0. The summed E-state index contributed by atoms with van der Waals surface area (Å²) in [5.74, 6) is -1.49. The van der Waals surface area contributed by atoms with Gasteiger partial charge in [-0.05, 0) is 69.4 Å². The monoisotopic (exact) mass is 911 g/mol. The van der Waals surface area contributed by atoms with Crippen LogP contribution in [-0.4, -0.2) is 14.5 Å². The first-order valence-electron chi connectivity index (χ1n) is 20.2. The Bertz CT molecular complexity index is 2850. The molecule has 0 atom stereocenters. The predicted molar refractivity (Wildman–Crippen MR) is 229 cm³/mol. The smallest absolute Gasteiger partial charge is 0.120 e. The molecule has 5 heteroatoms. The Morgan fingerprint density at radius 1 is 0.625 bits per heavy atom. The summed E-state index contributed by atoms with van der Waals surface area (Å²) in [5, 5.41) is 2.18. The molecule has 0 saturated heterocycles. The number of para-hydroxylation sites is 4. The number of pyridine rings is 1. The number of furan rings is 1. The van der Waals surface area contributed by atoms with Crippen molar-refractivity contribution < 1.29 is 28.6 Å². The summed E-state index contributed by atoms with van der Waals surface area (Å²) in [5.41, 5.74) is 11.9. The quantitative estimate of drug-likeness (QED) is 0.150. The van der Waals surface area contributed by atoms with Crippen molar-refractivity contribution >= 4 is 33.0 Å². The van der Waals surface area contributed by atoms with Crippen LogP contribution in [-0.2, 0) is 20.1 Å². The Morgan fingerprint density at radius 2 is 1.32 bits per heavy atom. The molecular weight excluding hydrogens is 863 g/mol. The van der Waals surface area contributed by atoms with Gasteiger partial charge in [0.2, 0.25) is 0 Å². The van der Waals surface area contributed by atoms with Gasteiger partial charge in [-0.15, -0.1) is 54.1 Å². The van der Waals surface area contributed by atoms with Crippen molar-refractivity contribution in [3.05, 3.63) is 175 Å². The first-order valence-corrected chi connectivity index (χ1v) is 18.7. The fourth-order valence-corrected chi connectivity index (χ4v) is 7.15. The molecule has 0 spiro atoms. The Balaban J connectivity index is 0.000000176. The van der Waals surface area contributed by atoms with Crippen molar-refractivity contribution in [2.75, 3.05) is 0 Å². The maximum Gasteiger partial charge on any atom is 0.120 e. The summed E-state index contributed by atoms with van der Waals surface area (Å²) in [6.45, 7) is 11.3. The number of imidazole rings is 1. The third-order valence-electron chi connectivity index (χ3n) is 10.0. The van der Waals surface area contributed by atoms with Crippen LogP contribution >= 0.6 is 0 Å². The van der Waals surface area contributed by atoms with Crippen LogP contribution in [0, 0.1) is 12.1 Å². The molecule has 6 aromatic carbocycles. The summed E-state index contributed by atoms with van der Waals surface area (Å²) < 4.78 is 34.0. The first-order chi connectivity index (χ1) is 27.7. The molecule has 281 valence electrons. The van der Waals surface area contributed by atoms with Crippen molar-refractivity contribution in [2.24, 2.45) is 0 Å². The molecule has 0 aliphatic heterocycles. The average molecular weight is 911 g/mol. The molecule has 3 heterocycles. The van der Waals surface area contributed by atoms with Crippen LogP contribution in [0.15, 0.2) is 150 Å². The normalized spacial score (nSPS) is 12.7. The van der Waals surface area contributed by atoms with Crippen LogP contribution in [0.2, 0.25) is 0 Å². The molecule has 3 aromatic heterocycles. The van der Waals surface area contributed by atoms with E-state index in [0.717, 1.165) is 89.1 Å². The fourth-order valence-electron chi connectivity index (χ4n) is 7.15. The Hall–Kier alpha value is -5.61. The van der Waals surface area contributed by atoms with Crippen molar-refractivity contribution in [1.29, 1.82) is 0 Å². The zero-order valence-electron chi connectivity index (χ0n) is 35.4. The van der Waals surface area contributed by atoms with Gasteiger partial charge in [-0.1, -0.05) is 137 Å². The number of hydrogen-bond acceptors (Lipinski definition) is 3. The van der Waals surface area contributed by atoms with Gasteiger partial charge in [-0.2, -0.15) is 0 Å². The van der Waals surface area contributed by atoms with Crippen LogP contribution in [0.25, 0.3) is 72.4 Å².